The monoisotopic (exact) mass is 265 g/mol. The summed E-state index contributed by atoms with van der Waals surface area (Å²) in [5.74, 6) is 0. The van der Waals surface area contributed by atoms with Crippen molar-refractivity contribution >= 4 is 10.0 Å². The number of nitrogens with one attached hydrogen (secondary N) is 1. The molecule has 1 aromatic rings. The molecule has 1 heterocycles. The summed E-state index contributed by atoms with van der Waals surface area (Å²) in [6, 6.07) is 8.30. The van der Waals surface area contributed by atoms with E-state index < -0.39 is 10.0 Å². The predicted molar refractivity (Wildman–Crippen MR) is 67.4 cm³/mol. The molecule has 0 aliphatic carbocycles. The molecule has 1 aliphatic rings. The summed E-state index contributed by atoms with van der Waals surface area (Å²) in [5.41, 5.74) is 0.362. The largest absolute Gasteiger partial charge is 0.316 e. The number of likely N-dealkylation sites (N-methyl/N-ethyl adjacent to an activating group) is 1. The number of hydrogen-bond acceptors (Lipinski definition) is 4. The highest BCUT2D eigenvalue weighted by Gasteiger charge is 2.31. The molecule has 5 nitrogen and oxygen atoms in total. The van der Waals surface area contributed by atoms with E-state index in [1.165, 1.54) is 16.4 Å². The predicted octanol–water partition coefficient (Wildman–Crippen LogP) is 0.541. The smallest absolute Gasteiger partial charge is 0.243 e. The van der Waals surface area contributed by atoms with Crippen LogP contribution in [-0.2, 0) is 10.0 Å². The van der Waals surface area contributed by atoms with E-state index in [0.29, 0.717) is 18.7 Å². The minimum atomic E-state index is -3.47. The molecule has 0 amide bonds. The fourth-order valence-corrected chi connectivity index (χ4v) is 3.60. The molecule has 0 saturated carbocycles. The van der Waals surface area contributed by atoms with Crippen LogP contribution in [0.4, 0.5) is 0 Å². The summed E-state index contributed by atoms with van der Waals surface area (Å²) in [5, 5.41) is 11.9. The maximum absolute atomic E-state index is 12.4. The van der Waals surface area contributed by atoms with Crippen molar-refractivity contribution in [2.75, 3.05) is 20.1 Å². The molecular formula is C12H15N3O2S. The van der Waals surface area contributed by atoms with Crippen molar-refractivity contribution in [1.82, 2.24) is 9.62 Å². The van der Waals surface area contributed by atoms with Gasteiger partial charge in [0.05, 0.1) is 16.5 Å². The second kappa shape index (κ2) is 5.06. The van der Waals surface area contributed by atoms with Crippen LogP contribution < -0.4 is 5.32 Å². The van der Waals surface area contributed by atoms with Gasteiger partial charge < -0.3 is 5.32 Å². The van der Waals surface area contributed by atoms with Crippen LogP contribution >= 0.6 is 0 Å². The Balaban J connectivity index is 2.29. The van der Waals surface area contributed by atoms with E-state index in [1.54, 1.807) is 12.1 Å². The lowest BCUT2D eigenvalue weighted by molar-refractivity contribution is 0.464. The third kappa shape index (κ3) is 2.38. The average molecular weight is 265 g/mol. The summed E-state index contributed by atoms with van der Waals surface area (Å²) < 4.78 is 26.2. The van der Waals surface area contributed by atoms with Gasteiger partial charge in [-0.3, -0.25) is 0 Å². The Morgan fingerprint density at radius 3 is 2.89 bits per heavy atom. The number of hydrogen-bond donors (Lipinski definition) is 1. The Hall–Kier alpha value is -1.42. The van der Waals surface area contributed by atoms with Gasteiger partial charge in [-0.2, -0.15) is 9.57 Å². The number of rotatable bonds is 3. The zero-order valence-electron chi connectivity index (χ0n) is 10.1. The molecule has 1 aromatic carbocycles. The fraction of sp³-hybridized carbons (Fsp3) is 0.417. The number of nitrogens with zero attached hydrogens (tertiary/aromatic N) is 2. The first kappa shape index (κ1) is 13.0. The van der Waals surface area contributed by atoms with Gasteiger partial charge in [-0.25, -0.2) is 8.42 Å². The van der Waals surface area contributed by atoms with E-state index in [4.69, 9.17) is 5.26 Å². The molecule has 0 bridgehead atoms. The van der Waals surface area contributed by atoms with E-state index in [9.17, 15) is 8.42 Å². The number of benzene rings is 1. The first-order valence-electron chi connectivity index (χ1n) is 5.75. The summed E-state index contributed by atoms with van der Waals surface area (Å²) in [6.07, 6.45) is 0.813. The van der Waals surface area contributed by atoms with Gasteiger partial charge in [-0.05, 0) is 31.7 Å². The number of sulfonamides is 1. The highest BCUT2D eigenvalue weighted by atomic mass is 32.2. The molecule has 96 valence electrons. The molecule has 1 saturated heterocycles. The van der Waals surface area contributed by atoms with Crippen LogP contribution in [-0.4, -0.2) is 38.9 Å². The molecule has 1 atom stereocenters. The Bertz CT molecular complexity index is 577. The van der Waals surface area contributed by atoms with Crippen molar-refractivity contribution in [2.24, 2.45) is 0 Å². The molecule has 1 unspecified atom stereocenters. The van der Waals surface area contributed by atoms with E-state index in [-0.39, 0.29) is 10.9 Å². The molecule has 0 spiro atoms. The van der Waals surface area contributed by atoms with E-state index in [2.05, 4.69) is 5.32 Å². The maximum Gasteiger partial charge on any atom is 0.243 e. The quantitative estimate of drug-likeness (QED) is 0.865. The summed E-state index contributed by atoms with van der Waals surface area (Å²) in [6.45, 7) is 1.00. The molecule has 1 aliphatic heterocycles. The third-order valence-corrected chi connectivity index (χ3v) is 5.02. The molecule has 0 radical (unpaired) electrons. The lowest BCUT2D eigenvalue weighted by Crippen LogP contribution is -2.33. The summed E-state index contributed by atoms with van der Waals surface area (Å²) >= 11 is 0. The first-order valence-corrected chi connectivity index (χ1v) is 7.19. The van der Waals surface area contributed by atoms with Crippen LogP contribution in [0.2, 0.25) is 0 Å². The van der Waals surface area contributed by atoms with Crippen LogP contribution in [0.25, 0.3) is 0 Å². The highest BCUT2D eigenvalue weighted by molar-refractivity contribution is 7.89. The molecule has 0 aromatic heterocycles. The fourth-order valence-electron chi connectivity index (χ4n) is 2.06. The van der Waals surface area contributed by atoms with E-state index in [1.807, 2.05) is 13.1 Å². The van der Waals surface area contributed by atoms with Gasteiger partial charge in [0, 0.05) is 19.1 Å². The van der Waals surface area contributed by atoms with Gasteiger partial charge >= 0.3 is 0 Å². The van der Waals surface area contributed by atoms with Crippen molar-refractivity contribution < 1.29 is 8.42 Å². The van der Waals surface area contributed by atoms with Gasteiger partial charge in [0.25, 0.3) is 0 Å². The number of nitriles is 1. The van der Waals surface area contributed by atoms with Crippen molar-refractivity contribution in [3.05, 3.63) is 29.8 Å². The van der Waals surface area contributed by atoms with Crippen molar-refractivity contribution in [3.63, 3.8) is 0 Å². The van der Waals surface area contributed by atoms with Crippen molar-refractivity contribution in [1.29, 1.82) is 5.26 Å². The van der Waals surface area contributed by atoms with Gasteiger partial charge in [-0.1, -0.05) is 6.07 Å². The highest BCUT2D eigenvalue weighted by Crippen LogP contribution is 2.21. The first-order chi connectivity index (χ1) is 8.57. The van der Waals surface area contributed by atoms with Gasteiger partial charge in [0.15, 0.2) is 0 Å². The zero-order valence-corrected chi connectivity index (χ0v) is 10.9. The minimum Gasteiger partial charge on any atom is -0.316 e. The van der Waals surface area contributed by atoms with Gasteiger partial charge in [0.2, 0.25) is 10.0 Å². The molecule has 18 heavy (non-hydrogen) atoms. The Morgan fingerprint density at radius 2 is 2.28 bits per heavy atom. The van der Waals surface area contributed by atoms with Crippen LogP contribution in [0, 0.1) is 11.3 Å². The minimum absolute atomic E-state index is 0.193. The Morgan fingerprint density at radius 1 is 1.50 bits per heavy atom. The Labute approximate surface area is 107 Å². The normalized spacial score (nSPS) is 20.8. The van der Waals surface area contributed by atoms with Crippen LogP contribution in [0.1, 0.15) is 12.0 Å². The van der Waals surface area contributed by atoms with Gasteiger partial charge in [0.1, 0.15) is 0 Å². The van der Waals surface area contributed by atoms with Gasteiger partial charge in [-0.15, -0.1) is 0 Å². The Kier molecular flexibility index (Phi) is 3.66. The van der Waals surface area contributed by atoms with Crippen LogP contribution in [0.15, 0.2) is 29.2 Å². The van der Waals surface area contributed by atoms with E-state index >= 15 is 0 Å². The zero-order chi connectivity index (χ0) is 13.2. The molecule has 1 fully saturated rings. The topological polar surface area (TPSA) is 73.2 Å². The average Bonchev–Trinajstić information content (AvgIpc) is 2.88. The standard InChI is InChI=1S/C12H15N3O2S/c1-14-11-5-6-15(9-11)18(16,17)12-4-2-3-10(7-12)8-13/h2-4,7,11,14H,5-6,9H2,1H3. The second-order valence-electron chi connectivity index (χ2n) is 4.28. The maximum atomic E-state index is 12.4. The summed E-state index contributed by atoms with van der Waals surface area (Å²) in [4.78, 5) is 0.193. The molecular weight excluding hydrogens is 250 g/mol. The molecule has 6 heteroatoms. The van der Waals surface area contributed by atoms with Crippen molar-refractivity contribution in [2.45, 2.75) is 17.4 Å². The lowest BCUT2D eigenvalue weighted by Gasteiger charge is -2.16. The molecule has 1 N–H and O–H groups in total. The van der Waals surface area contributed by atoms with Crippen LogP contribution in [0.5, 0.6) is 0 Å². The van der Waals surface area contributed by atoms with Crippen LogP contribution in [0.3, 0.4) is 0 Å². The van der Waals surface area contributed by atoms with Crippen molar-refractivity contribution in [3.8, 4) is 6.07 Å². The SMILES string of the molecule is CNC1CCN(S(=O)(=O)c2cccc(C#N)c2)C1. The summed E-state index contributed by atoms with van der Waals surface area (Å²) in [7, 11) is -1.64. The molecule has 2 rings (SSSR count). The third-order valence-electron chi connectivity index (χ3n) is 3.16. The van der Waals surface area contributed by atoms with E-state index in [0.717, 1.165) is 6.42 Å². The second-order valence-corrected chi connectivity index (χ2v) is 6.21. The lowest BCUT2D eigenvalue weighted by atomic mass is 10.2.